The number of ketones is 2. The van der Waals surface area contributed by atoms with E-state index in [1.54, 1.807) is 21.7 Å². The van der Waals surface area contributed by atoms with Crippen molar-refractivity contribution in [2.45, 2.75) is 71.1 Å². The van der Waals surface area contributed by atoms with Crippen molar-refractivity contribution in [3.63, 3.8) is 0 Å². The number of carbonyl (C=O) groups is 4. The van der Waals surface area contributed by atoms with E-state index in [-0.39, 0.29) is 34.2 Å². The second-order valence-electron chi connectivity index (χ2n) is 23.2. The summed E-state index contributed by atoms with van der Waals surface area (Å²) in [6.07, 6.45) is 5.05. The molecular formula is C64H66N8O13S2. The van der Waals surface area contributed by atoms with Gasteiger partial charge in [-0.1, -0.05) is 68.4 Å². The normalized spacial score (nSPS) is 23.1. The number of allylic oxidation sites excluding steroid dienone is 1. The largest absolute Gasteiger partial charge is 0.460 e. The van der Waals surface area contributed by atoms with Crippen molar-refractivity contribution in [2.75, 3.05) is 94.8 Å². The average molecular weight is 1220 g/mol. The van der Waals surface area contributed by atoms with Gasteiger partial charge in [-0.05, 0) is 42.2 Å². The quantitative estimate of drug-likeness (QED) is 0.133. The van der Waals surface area contributed by atoms with E-state index >= 15 is 0 Å². The second-order valence-corrected chi connectivity index (χ2v) is 26.3. The molecule has 4 aliphatic heterocycles. The van der Waals surface area contributed by atoms with Gasteiger partial charge in [0.15, 0.2) is 28.7 Å². The standard InChI is InChI=1S/C23H27N7O3S2.C22H22O7.C19H17NO3/c1-35(31,32)30-7-5-28(6-8-30)15-16-13-20-21(34-16)23(29-9-11-33-12-10-29)26-22(25-20)17-3-2-4-19-18(17)14-24-27-19;1-4-12-17-15-10(21(26)29-12)8-27-20(15)19(25)16-11-5-6-14(24)22(11,3)7-13(18(16)17)28-9(2)23;21-17-13-18(20-9-11-22-12-10-20)23-19-15(7-4-8-16(17)19)14-5-2-1-3-6-14/h2-4,13-14H,5-12,15H2,1H3,(H,24,27);8,11-13,17H,4-7H2,1-3H3;1-8,13H,9-12H2/t;11-,12+,13+,17?,22-;/m.0./s1. The van der Waals surface area contributed by atoms with Gasteiger partial charge in [0.05, 0.1) is 65.9 Å². The Balaban J connectivity index is 0.000000123. The first-order valence-corrected chi connectivity index (χ1v) is 32.2. The van der Waals surface area contributed by atoms with Gasteiger partial charge in [-0.15, -0.1) is 11.3 Å². The number of nitrogens with zero attached hydrogens (tertiary/aromatic N) is 7. The molecule has 0 radical (unpaired) electrons. The number of benzene rings is 3. The smallest absolute Gasteiger partial charge is 0.342 e. The molecule has 87 heavy (non-hydrogen) atoms. The van der Waals surface area contributed by atoms with Gasteiger partial charge in [-0.25, -0.2) is 23.2 Å². The summed E-state index contributed by atoms with van der Waals surface area (Å²) in [5.41, 5.74) is 6.72. The molecule has 452 valence electrons. The fourth-order valence-electron chi connectivity index (χ4n) is 13.6. The molecule has 5 aromatic heterocycles. The monoisotopic (exact) mass is 1220 g/mol. The molecule has 1 saturated carbocycles. The summed E-state index contributed by atoms with van der Waals surface area (Å²) in [6, 6.07) is 25.5. The first-order valence-electron chi connectivity index (χ1n) is 29.6. The summed E-state index contributed by atoms with van der Waals surface area (Å²) in [7, 11) is -3.13. The van der Waals surface area contributed by atoms with Gasteiger partial charge >= 0.3 is 11.9 Å². The minimum absolute atomic E-state index is 0.00878. The highest BCUT2D eigenvalue weighted by atomic mass is 32.2. The third-order valence-electron chi connectivity index (χ3n) is 17.9. The van der Waals surface area contributed by atoms with Gasteiger partial charge in [-0.2, -0.15) is 9.40 Å². The summed E-state index contributed by atoms with van der Waals surface area (Å²) in [5, 5.41) is 8.84. The van der Waals surface area contributed by atoms with E-state index in [1.807, 2.05) is 86.8 Å². The molecule has 5 atom stereocenters. The second kappa shape index (κ2) is 23.6. The lowest BCUT2D eigenvalue weighted by Gasteiger charge is -2.47. The Morgan fingerprint density at radius 3 is 2.29 bits per heavy atom. The summed E-state index contributed by atoms with van der Waals surface area (Å²) in [4.78, 5) is 81.0. The van der Waals surface area contributed by atoms with Crippen LogP contribution in [0.5, 0.6) is 0 Å². The Hall–Kier alpha value is -7.93. The number of nitrogens with one attached hydrogen (secondary N) is 1. The number of para-hydroxylation sites is 1. The van der Waals surface area contributed by atoms with E-state index in [0.717, 1.165) is 89.4 Å². The molecule has 23 heteroatoms. The van der Waals surface area contributed by atoms with Crippen LogP contribution in [0, 0.1) is 11.3 Å². The van der Waals surface area contributed by atoms with Gasteiger partial charge in [0.1, 0.15) is 35.4 Å². The number of H-pyrrole nitrogens is 1. The molecule has 21 nitrogen and oxygen atoms in total. The number of thiophene rings is 1. The summed E-state index contributed by atoms with van der Waals surface area (Å²) >= 11 is 1.73. The van der Waals surface area contributed by atoms with E-state index in [0.29, 0.717) is 105 Å². The number of fused-ring (bicyclic) bond motifs is 6. The Labute approximate surface area is 505 Å². The maximum Gasteiger partial charge on any atom is 0.342 e. The van der Waals surface area contributed by atoms with Crippen LogP contribution >= 0.6 is 11.3 Å². The predicted octanol–water partition coefficient (Wildman–Crippen LogP) is 8.57. The lowest BCUT2D eigenvalue weighted by atomic mass is 9.58. The molecule has 0 amide bonds. The molecule has 0 spiro atoms. The number of rotatable bonds is 9. The van der Waals surface area contributed by atoms with Gasteiger partial charge in [0.25, 0.3) is 0 Å². The van der Waals surface area contributed by atoms with Crippen LogP contribution in [-0.2, 0) is 45.1 Å². The molecule has 9 heterocycles. The predicted molar refractivity (Wildman–Crippen MR) is 326 cm³/mol. The molecule has 3 saturated heterocycles. The minimum atomic E-state index is -3.13. The van der Waals surface area contributed by atoms with Crippen molar-refractivity contribution in [2.24, 2.45) is 11.3 Å². The number of anilines is 2. The third-order valence-corrected chi connectivity index (χ3v) is 20.3. The highest BCUT2D eigenvalue weighted by Crippen LogP contribution is 2.59. The van der Waals surface area contributed by atoms with Gasteiger partial charge in [-0.3, -0.25) is 29.2 Å². The fraction of sp³-hybridized carbons (Fsp3) is 0.406. The van der Waals surface area contributed by atoms with E-state index in [4.69, 9.17) is 37.7 Å². The van der Waals surface area contributed by atoms with Crippen molar-refractivity contribution in [1.82, 2.24) is 29.4 Å². The Morgan fingerprint density at radius 1 is 0.839 bits per heavy atom. The number of carbonyl (C=O) groups excluding carboxylic acids is 4. The Bertz CT molecular complexity index is 4210. The first-order chi connectivity index (χ1) is 42.1. The maximum absolute atomic E-state index is 13.5. The SMILES string of the molecule is CC[C@H]1OC(=O)c2coc3c2C1C1=C(C3=O)[C@@H]2CCC(=O)[C@@]2(C)C[C@H]1OC(C)=O.CS(=O)(=O)N1CCN(Cc2cc3nc(-c4cccc5[nH]ncc45)nc(N4CCOCC4)c3s2)CC1.O=c1cc(N2CCOCC2)oc2c(-c3ccccc3)cccc12. The number of cyclic esters (lactones) is 1. The number of piperazine rings is 1. The van der Waals surface area contributed by atoms with Gasteiger partial charge in [0.2, 0.25) is 15.8 Å². The number of hydrogen-bond donors (Lipinski definition) is 1. The van der Waals surface area contributed by atoms with Crippen LogP contribution in [-0.4, -0.2) is 159 Å². The molecule has 3 aliphatic carbocycles. The van der Waals surface area contributed by atoms with Crippen LogP contribution in [0.2, 0.25) is 0 Å². The number of furan rings is 1. The molecule has 0 bridgehead atoms. The Kier molecular flexibility index (Phi) is 15.8. The van der Waals surface area contributed by atoms with Crippen molar-refractivity contribution >= 4 is 88.7 Å². The van der Waals surface area contributed by atoms with Crippen molar-refractivity contribution in [3.8, 4) is 22.5 Å². The molecule has 15 rings (SSSR count). The van der Waals surface area contributed by atoms with Crippen LogP contribution in [0.1, 0.15) is 83.7 Å². The zero-order chi connectivity index (χ0) is 60.3. The third kappa shape index (κ3) is 11.0. The molecule has 7 aliphatic rings. The van der Waals surface area contributed by atoms with Crippen molar-refractivity contribution < 1.29 is 55.4 Å². The van der Waals surface area contributed by atoms with E-state index in [1.165, 1.54) is 24.3 Å². The number of esters is 2. The molecule has 4 fully saturated rings. The van der Waals surface area contributed by atoms with Gasteiger partial charge in [0, 0.05) is 129 Å². The van der Waals surface area contributed by atoms with Crippen LogP contribution in [0.25, 0.3) is 54.6 Å². The number of aromatic amines is 1. The van der Waals surface area contributed by atoms with Crippen LogP contribution in [0.4, 0.5) is 11.7 Å². The first kappa shape index (κ1) is 58.1. The van der Waals surface area contributed by atoms with Crippen LogP contribution in [0.3, 0.4) is 0 Å². The lowest BCUT2D eigenvalue weighted by molar-refractivity contribution is -0.149. The summed E-state index contributed by atoms with van der Waals surface area (Å²) < 4.78 is 60.3. The average Bonchev–Trinajstić information content (AvgIpc) is 1.67. The number of morpholine rings is 2. The number of sulfonamides is 1. The zero-order valence-corrected chi connectivity index (χ0v) is 50.4. The highest BCUT2D eigenvalue weighted by molar-refractivity contribution is 7.88. The van der Waals surface area contributed by atoms with E-state index in [9.17, 15) is 32.4 Å². The highest BCUT2D eigenvalue weighted by Gasteiger charge is 2.60. The topological polar surface area (TPSA) is 250 Å². The van der Waals surface area contributed by atoms with Gasteiger partial charge < -0.3 is 37.6 Å². The molecule has 1 N–H and O–H groups in total. The minimum Gasteiger partial charge on any atom is -0.460 e. The number of aromatic nitrogens is 4. The molecule has 1 unspecified atom stereocenters. The van der Waals surface area contributed by atoms with Crippen molar-refractivity contribution in [1.29, 1.82) is 0 Å². The summed E-state index contributed by atoms with van der Waals surface area (Å²) in [6.45, 7) is 14.1. The lowest BCUT2D eigenvalue weighted by Crippen LogP contribution is -2.48. The van der Waals surface area contributed by atoms with Crippen LogP contribution < -0.4 is 15.2 Å². The maximum atomic E-state index is 13.5. The number of Topliss-reactive ketones (excluding diaryl/α,β-unsaturated/α-hetero) is 2. The molecule has 3 aromatic carbocycles. The summed E-state index contributed by atoms with van der Waals surface area (Å²) in [5.74, 6) is 0.579. The number of hydrogen-bond acceptors (Lipinski definition) is 20. The zero-order valence-electron chi connectivity index (χ0n) is 48.7. The van der Waals surface area contributed by atoms with Crippen LogP contribution in [0.15, 0.2) is 116 Å². The number of ether oxygens (including phenoxy) is 4. The van der Waals surface area contributed by atoms with E-state index in [2.05, 4.69) is 31.0 Å². The fourth-order valence-corrected chi connectivity index (χ4v) is 15.6. The molecular weight excluding hydrogens is 1150 g/mol. The van der Waals surface area contributed by atoms with Crippen molar-refractivity contribution in [3.05, 3.63) is 134 Å². The Morgan fingerprint density at radius 2 is 1.56 bits per heavy atom. The molecule has 8 aromatic rings. The van der Waals surface area contributed by atoms with E-state index < -0.39 is 45.5 Å².